The van der Waals surface area contributed by atoms with E-state index < -0.39 is 18.0 Å². The Morgan fingerprint density at radius 1 is 1.30 bits per heavy atom. The van der Waals surface area contributed by atoms with E-state index in [1.807, 2.05) is 0 Å². The van der Waals surface area contributed by atoms with Crippen molar-refractivity contribution in [3.8, 4) is 0 Å². The quantitative estimate of drug-likeness (QED) is 0.576. The number of Topliss-reactive ketones (excluding diaryl/α,β-unsaturated/α-hetero) is 1. The number of hydrogen-bond acceptors (Lipinski definition) is 4. The highest BCUT2D eigenvalue weighted by Crippen LogP contribution is 2.11. The standard InChI is InChI=1S/C13H16N2O5/c1-8(17)9-3-2-4-10(7-9)14-13(20)15-11(5-6-16)12(18)19/h2-4,7,11,16H,5-6H2,1H3,(H,18,19)(H2,14,15,20)/t11-/m1/s1. The number of urea groups is 1. The second-order valence-electron chi connectivity index (χ2n) is 4.14. The lowest BCUT2D eigenvalue weighted by Crippen LogP contribution is -2.43. The number of ketones is 1. The van der Waals surface area contributed by atoms with Gasteiger partial charge in [-0.25, -0.2) is 9.59 Å². The van der Waals surface area contributed by atoms with Crippen molar-refractivity contribution in [3.05, 3.63) is 29.8 Å². The average molecular weight is 280 g/mol. The summed E-state index contributed by atoms with van der Waals surface area (Å²) in [5.74, 6) is -1.37. The molecule has 0 saturated carbocycles. The lowest BCUT2D eigenvalue weighted by atomic mass is 10.1. The van der Waals surface area contributed by atoms with Crippen LogP contribution in [0.3, 0.4) is 0 Å². The van der Waals surface area contributed by atoms with Crippen LogP contribution < -0.4 is 10.6 Å². The summed E-state index contributed by atoms with van der Waals surface area (Å²) < 4.78 is 0. The fraction of sp³-hybridized carbons (Fsp3) is 0.308. The zero-order valence-electron chi connectivity index (χ0n) is 10.9. The van der Waals surface area contributed by atoms with Gasteiger partial charge in [0.1, 0.15) is 6.04 Å². The Morgan fingerprint density at radius 2 is 2.00 bits per heavy atom. The number of carbonyl (C=O) groups is 3. The first-order chi connectivity index (χ1) is 9.43. The van der Waals surface area contributed by atoms with Crippen LogP contribution in [-0.4, -0.2) is 40.6 Å². The second-order valence-corrected chi connectivity index (χ2v) is 4.14. The van der Waals surface area contributed by atoms with E-state index >= 15 is 0 Å². The van der Waals surface area contributed by atoms with Crippen LogP contribution in [0.2, 0.25) is 0 Å². The van der Waals surface area contributed by atoms with Crippen molar-refractivity contribution in [2.75, 3.05) is 11.9 Å². The molecule has 0 aliphatic heterocycles. The highest BCUT2D eigenvalue weighted by Gasteiger charge is 2.19. The van der Waals surface area contributed by atoms with Gasteiger partial charge >= 0.3 is 12.0 Å². The molecule has 0 heterocycles. The molecule has 0 radical (unpaired) electrons. The minimum atomic E-state index is -1.23. The first-order valence-electron chi connectivity index (χ1n) is 5.96. The summed E-state index contributed by atoms with van der Waals surface area (Å²) in [5, 5.41) is 22.2. The molecule has 4 N–H and O–H groups in total. The number of hydrogen-bond donors (Lipinski definition) is 4. The Balaban J connectivity index is 2.68. The lowest BCUT2D eigenvalue weighted by Gasteiger charge is -2.14. The van der Waals surface area contributed by atoms with Gasteiger partial charge in [0.05, 0.1) is 0 Å². The molecule has 1 rings (SSSR count). The van der Waals surface area contributed by atoms with Crippen molar-refractivity contribution < 1.29 is 24.6 Å². The first-order valence-corrected chi connectivity index (χ1v) is 5.96. The molecule has 2 amide bonds. The molecule has 108 valence electrons. The van der Waals surface area contributed by atoms with Crippen LogP contribution in [0.1, 0.15) is 23.7 Å². The maximum Gasteiger partial charge on any atom is 0.326 e. The van der Waals surface area contributed by atoms with Gasteiger partial charge in [0, 0.05) is 24.3 Å². The number of aliphatic hydroxyl groups excluding tert-OH is 1. The largest absolute Gasteiger partial charge is 0.480 e. The third-order valence-electron chi connectivity index (χ3n) is 2.55. The molecule has 0 bridgehead atoms. The van der Waals surface area contributed by atoms with Crippen LogP contribution >= 0.6 is 0 Å². The fourth-order valence-electron chi connectivity index (χ4n) is 1.53. The molecule has 0 aromatic heterocycles. The van der Waals surface area contributed by atoms with Crippen LogP contribution in [0.15, 0.2) is 24.3 Å². The van der Waals surface area contributed by atoms with Gasteiger partial charge in [0.2, 0.25) is 0 Å². The van der Waals surface area contributed by atoms with Gasteiger partial charge in [-0.2, -0.15) is 0 Å². The zero-order chi connectivity index (χ0) is 15.1. The molecule has 1 atom stereocenters. The van der Waals surface area contributed by atoms with Crippen molar-refractivity contribution in [2.24, 2.45) is 0 Å². The van der Waals surface area contributed by atoms with E-state index in [9.17, 15) is 14.4 Å². The van der Waals surface area contributed by atoms with E-state index in [0.717, 1.165) is 0 Å². The number of aliphatic hydroxyl groups is 1. The van der Waals surface area contributed by atoms with E-state index in [0.29, 0.717) is 11.3 Å². The Bertz CT molecular complexity index is 515. The number of carboxylic acids is 1. The number of carboxylic acid groups (broad SMARTS) is 1. The van der Waals surface area contributed by atoms with E-state index in [4.69, 9.17) is 10.2 Å². The first kappa shape index (κ1) is 15.6. The molecular weight excluding hydrogens is 264 g/mol. The molecular formula is C13H16N2O5. The number of aliphatic carboxylic acids is 1. The summed E-state index contributed by atoms with van der Waals surface area (Å²) >= 11 is 0. The number of carbonyl (C=O) groups excluding carboxylic acids is 2. The van der Waals surface area contributed by atoms with E-state index in [2.05, 4.69) is 10.6 Å². The average Bonchev–Trinajstić information content (AvgIpc) is 2.38. The van der Waals surface area contributed by atoms with E-state index in [1.54, 1.807) is 18.2 Å². The van der Waals surface area contributed by atoms with Gasteiger partial charge in [-0.1, -0.05) is 12.1 Å². The van der Waals surface area contributed by atoms with Gasteiger partial charge in [-0.3, -0.25) is 4.79 Å². The third-order valence-corrected chi connectivity index (χ3v) is 2.55. The molecule has 0 unspecified atom stereocenters. The minimum Gasteiger partial charge on any atom is -0.480 e. The number of rotatable bonds is 6. The molecule has 20 heavy (non-hydrogen) atoms. The molecule has 1 aromatic carbocycles. The Kier molecular flexibility index (Phi) is 5.67. The van der Waals surface area contributed by atoms with Crippen LogP contribution in [-0.2, 0) is 4.79 Å². The Labute approximate surface area is 115 Å². The summed E-state index contributed by atoms with van der Waals surface area (Å²) in [5.41, 5.74) is 0.816. The number of nitrogens with one attached hydrogen (secondary N) is 2. The maximum atomic E-state index is 11.6. The van der Waals surface area contributed by atoms with Crippen LogP contribution in [0, 0.1) is 0 Å². The van der Waals surface area contributed by atoms with Gasteiger partial charge in [0.25, 0.3) is 0 Å². The van der Waals surface area contributed by atoms with Crippen molar-refractivity contribution >= 4 is 23.5 Å². The highest BCUT2D eigenvalue weighted by molar-refractivity contribution is 5.97. The number of benzene rings is 1. The monoisotopic (exact) mass is 280 g/mol. The van der Waals surface area contributed by atoms with Crippen molar-refractivity contribution in [2.45, 2.75) is 19.4 Å². The van der Waals surface area contributed by atoms with Gasteiger partial charge in [-0.15, -0.1) is 0 Å². The Hall–Kier alpha value is -2.41. The smallest absolute Gasteiger partial charge is 0.326 e. The summed E-state index contributed by atoms with van der Waals surface area (Å²) in [6.45, 7) is 1.05. The predicted molar refractivity (Wildman–Crippen MR) is 71.7 cm³/mol. The van der Waals surface area contributed by atoms with Crippen LogP contribution in [0.5, 0.6) is 0 Å². The minimum absolute atomic E-state index is 0.0871. The highest BCUT2D eigenvalue weighted by atomic mass is 16.4. The van der Waals surface area contributed by atoms with Gasteiger partial charge < -0.3 is 20.8 Å². The second kappa shape index (κ2) is 7.25. The summed E-state index contributed by atoms with van der Waals surface area (Å²) in [7, 11) is 0. The van der Waals surface area contributed by atoms with Gasteiger partial charge in [0.15, 0.2) is 5.78 Å². The van der Waals surface area contributed by atoms with Crippen molar-refractivity contribution in [1.29, 1.82) is 0 Å². The summed E-state index contributed by atoms with van der Waals surface area (Å²) in [6.07, 6.45) is -0.0871. The number of amides is 2. The van der Waals surface area contributed by atoms with Crippen molar-refractivity contribution in [3.63, 3.8) is 0 Å². The number of anilines is 1. The Morgan fingerprint density at radius 3 is 2.55 bits per heavy atom. The van der Waals surface area contributed by atoms with E-state index in [1.165, 1.54) is 13.0 Å². The molecule has 7 nitrogen and oxygen atoms in total. The SMILES string of the molecule is CC(=O)c1cccc(NC(=O)N[C@H](CCO)C(=O)O)c1. The topological polar surface area (TPSA) is 116 Å². The third kappa shape index (κ3) is 4.69. The molecule has 1 aromatic rings. The van der Waals surface area contributed by atoms with Crippen LogP contribution in [0.25, 0.3) is 0 Å². The predicted octanol–water partition coefficient (Wildman–Crippen LogP) is 0.846. The van der Waals surface area contributed by atoms with Crippen LogP contribution in [0.4, 0.5) is 10.5 Å². The zero-order valence-corrected chi connectivity index (χ0v) is 10.9. The summed E-state index contributed by atoms with van der Waals surface area (Å²) in [4.78, 5) is 33.7. The normalized spacial score (nSPS) is 11.5. The molecule has 7 heteroatoms. The fourth-order valence-corrected chi connectivity index (χ4v) is 1.53. The molecule has 0 aliphatic carbocycles. The van der Waals surface area contributed by atoms with Crippen molar-refractivity contribution in [1.82, 2.24) is 5.32 Å². The summed E-state index contributed by atoms with van der Waals surface area (Å²) in [6, 6.07) is 4.39. The molecule has 0 fully saturated rings. The maximum absolute atomic E-state index is 11.6. The molecule has 0 saturated heterocycles. The van der Waals surface area contributed by atoms with E-state index in [-0.39, 0.29) is 18.8 Å². The molecule has 0 aliphatic rings. The molecule has 0 spiro atoms. The lowest BCUT2D eigenvalue weighted by molar-refractivity contribution is -0.139. The van der Waals surface area contributed by atoms with Gasteiger partial charge in [-0.05, 0) is 19.1 Å².